The molecule has 1 rings (SSSR count). The molecule has 17 heavy (non-hydrogen) atoms. The van der Waals surface area contributed by atoms with Crippen LogP contribution in [0.3, 0.4) is 0 Å². The number of nitriles is 1. The molecule has 1 aromatic heterocycles. The quantitative estimate of drug-likeness (QED) is 0.735. The number of nitrogens with one attached hydrogen (secondary N) is 1. The van der Waals surface area contributed by atoms with Gasteiger partial charge in [-0.2, -0.15) is 5.26 Å². The van der Waals surface area contributed by atoms with E-state index in [9.17, 15) is 0 Å². The van der Waals surface area contributed by atoms with Crippen LogP contribution in [0.25, 0.3) is 0 Å². The Labute approximate surface area is 103 Å². The van der Waals surface area contributed by atoms with Crippen molar-refractivity contribution in [2.75, 3.05) is 25.1 Å². The maximum atomic E-state index is 8.73. The molecular weight excluding hydrogens is 214 g/mol. The molecule has 0 aromatic carbocycles. The molecule has 0 radical (unpaired) electrons. The Kier molecular flexibility index (Phi) is 6.05. The van der Waals surface area contributed by atoms with E-state index in [1.807, 2.05) is 0 Å². The van der Waals surface area contributed by atoms with E-state index in [1.165, 1.54) is 0 Å². The Morgan fingerprint density at radius 1 is 1.47 bits per heavy atom. The molecular formula is C13H19N3O. The first-order valence-corrected chi connectivity index (χ1v) is 5.90. The molecule has 0 amide bonds. The van der Waals surface area contributed by atoms with Crippen LogP contribution < -0.4 is 5.32 Å². The molecule has 1 aromatic rings. The average Bonchev–Trinajstić information content (AvgIpc) is 2.33. The summed E-state index contributed by atoms with van der Waals surface area (Å²) in [6, 6.07) is 5.49. The number of pyridine rings is 1. The molecule has 0 aliphatic carbocycles. The number of anilines is 1. The van der Waals surface area contributed by atoms with E-state index in [2.05, 4.69) is 30.2 Å². The van der Waals surface area contributed by atoms with Crippen LogP contribution in [0.2, 0.25) is 0 Å². The van der Waals surface area contributed by atoms with E-state index in [-0.39, 0.29) is 0 Å². The molecule has 0 aliphatic heterocycles. The van der Waals surface area contributed by atoms with Crippen molar-refractivity contribution >= 4 is 5.82 Å². The first-order valence-electron chi connectivity index (χ1n) is 5.90. The van der Waals surface area contributed by atoms with Gasteiger partial charge in [0.25, 0.3) is 0 Å². The lowest BCUT2D eigenvalue weighted by Gasteiger charge is -2.08. The molecule has 0 spiro atoms. The van der Waals surface area contributed by atoms with Gasteiger partial charge in [0.15, 0.2) is 0 Å². The van der Waals surface area contributed by atoms with Gasteiger partial charge in [-0.25, -0.2) is 4.98 Å². The maximum Gasteiger partial charge on any atom is 0.127 e. The third kappa shape index (κ3) is 5.88. The summed E-state index contributed by atoms with van der Waals surface area (Å²) < 4.78 is 5.47. The zero-order chi connectivity index (χ0) is 12.5. The van der Waals surface area contributed by atoms with Crippen LogP contribution in [0.4, 0.5) is 5.82 Å². The largest absolute Gasteiger partial charge is 0.380 e. The predicted octanol–water partition coefficient (Wildman–Crippen LogP) is 2.43. The molecule has 4 nitrogen and oxygen atoms in total. The minimum atomic E-state index is 0.614. The Hall–Kier alpha value is -1.60. The smallest absolute Gasteiger partial charge is 0.127 e. The van der Waals surface area contributed by atoms with Gasteiger partial charge >= 0.3 is 0 Å². The molecule has 0 fully saturated rings. The fraction of sp³-hybridized carbons (Fsp3) is 0.538. The summed E-state index contributed by atoms with van der Waals surface area (Å²) in [5.74, 6) is 1.40. The van der Waals surface area contributed by atoms with E-state index < -0.39 is 0 Å². The van der Waals surface area contributed by atoms with Crippen molar-refractivity contribution in [3.05, 3.63) is 23.9 Å². The minimum Gasteiger partial charge on any atom is -0.380 e. The highest BCUT2D eigenvalue weighted by Gasteiger charge is 1.96. The highest BCUT2D eigenvalue weighted by atomic mass is 16.5. The van der Waals surface area contributed by atoms with Gasteiger partial charge in [-0.3, -0.25) is 0 Å². The molecule has 0 saturated carbocycles. The zero-order valence-electron chi connectivity index (χ0n) is 10.4. The van der Waals surface area contributed by atoms with Gasteiger partial charge in [0.05, 0.1) is 18.2 Å². The van der Waals surface area contributed by atoms with E-state index in [0.29, 0.717) is 24.6 Å². The topological polar surface area (TPSA) is 57.9 Å². The first-order chi connectivity index (χ1) is 8.22. The number of hydrogen-bond donors (Lipinski definition) is 1. The lowest BCUT2D eigenvalue weighted by atomic mass is 10.1. The summed E-state index contributed by atoms with van der Waals surface area (Å²) in [7, 11) is 0. The molecule has 4 heteroatoms. The minimum absolute atomic E-state index is 0.614. The normalized spacial score (nSPS) is 10.2. The van der Waals surface area contributed by atoms with Crippen LogP contribution in [0.1, 0.15) is 25.8 Å². The second kappa shape index (κ2) is 7.64. The molecule has 0 bridgehead atoms. The third-order valence-corrected chi connectivity index (χ3v) is 2.28. The Balaban J connectivity index is 2.16. The van der Waals surface area contributed by atoms with Crippen molar-refractivity contribution in [1.82, 2.24) is 4.98 Å². The van der Waals surface area contributed by atoms with Gasteiger partial charge in [0, 0.05) is 19.3 Å². The summed E-state index contributed by atoms with van der Waals surface area (Å²) in [5, 5.41) is 11.8. The highest BCUT2D eigenvalue weighted by molar-refractivity contribution is 5.42. The number of hydrogen-bond acceptors (Lipinski definition) is 4. The SMILES string of the molecule is CC(C)CCOCCNc1cc(C#N)ccn1. The summed E-state index contributed by atoms with van der Waals surface area (Å²) in [6.07, 6.45) is 2.71. The maximum absolute atomic E-state index is 8.73. The van der Waals surface area contributed by atoms with Crippen molar-refractivity contribution < 1.29 is 4.74 Å². The van der Waals surface area contributed by atoms with E-state index in [0.717, 1.165) is 18.8 Å². The summed E-state index contributed by atoms with van der Waals surface area (Å²) >= 11 is 0. The van der Waals surface area contributed by atoms with Crippen molar-refractivity contribution in [3.8, 4) is 6.07 Å². The van der Waals surface area contributed by atoms with Gasteiger partial charge in [-0.15, -0.1) is 0 Å². The van der Waals surface area contributed by atoms with E-state index in [1.54, 1.807) is 18.3 Å². The van der Waals surface area contributed by atoms with Crippen LogP contribution >= 0.6 is 0 Å². The third-order valence-electron chi connectivity index (χ3n) is 2.28. The number of nitrogens with zero attached hydrogens (tertiary/aromatic N) is 2. The van der Waals surface area contributed by atoms with Crippen molar-refractivity contribution in [2.45, 2.75) is 20.3 Å². The standard InChI is InChI=1S/C13H19N3O/c1-11(2)4-7-17-8-6-16-13-9-12(10-14)3-5-15-13/h3,5,9,11H,4,6-8H2,1-2H3,(H,15,16). The molecule has 0 atom stereocenters. The average molecular weight is 233 g/mol. The van der Waals surface area contributed by atoms with Crippen LogP contribution in [-0.2, 0) is 4.74 Å². The van der Waals surface area contributed by atoms with Gasteiger partial charge in [0.2, 0.25) is 0 Å². The second-order valence-corrected chi connectivity index (χ2v) is 4.26. The summed E-state index contributed by atoms with van der Waals surface area (Å²) in [5.41, 5.74) is 0.614. The van der Waals surface area contributed by atoms with Gasteiger partial charge in [-0.05, 0) is 24.5 Å². The van der Waals surface area contributed by atoms with E-state index >= 15 is 0 Å². The first kappa shape index (κ1) is 13.5. The van der Waals surface area contributed by atoms with E-state index in [4.69, 9.17) is 10.00 Å². The predicted molar refractivity (Wildman–Crippen MR) is 67.7 cm³/mol. The Bertz CT molecular complexity index is 371. The van der Waals surface area contributed by atoms with Gasteiger partial charge in [0.1, 0.15) is 5.82 Å². The van der Waals surface area contributed by atoms with Gasteiger partial charge in [-0.1, -0.05) is 13.8 Å². The van der Waals surface area contributed by atoms with Gasteiger partial charge < -0.3 is 10.1 Å². The lowest BCUT2D eigenvalue weighted by molar-refractivity contribution is 0.132. The molecule has 0 unspecified atom stereocenters. The number of rotatable bonds is 7. The molecule has 1 heterocycles. The Morgan fingerprint density at radius 2 is 2.29 bits per heavy atom. The number of ether oxygens (including phenoxy) is 1. The monoisotopic (exact) mass is 233 g/mol. The van der Waals surface area contributed by atoms with Crippen molar-refractivity contribution in [3.63, 3.8) is 0 Å². The molecule has 0 saturated heterocycles. The van der Waals surface area contributed by atoms with Crippen LogP contribution in [-0.4, -0.2) is 24.7 Å². The molecule has 1 N–H and O–H groups in total. The van der Waals surface area contributed by atoms with Crippen LogP contribution in [0.15, 0.2) is 18.3 Å². The van der Waals surface area contributed by atoms with Crippen molar-refractivity contribution in [2.24, 2.45) is 5.92 Å². The fourth-order valence-electron chi connectivity index (χ4n) is 1.27. The summed E-state index contributed by atoms with van der Waals surface area (Å²) in [4.78, 5) is 4.12. The lowest BCUT2D eigenvalue weighted by Crippen LogP contribution is -2.11. The molecule has 92 valence electrons. The van der Waals surface area contributed by atoms with Crippen molar-refractivity contribution in [1.29, 1.82) is 5.26 Å². The fourth-order valence-corrected chi connectivity index (χ4v) is 1.27. The zero-order valence-corrected chi connectivity index (χ0v) is 10.4. The Morgan fingerprint density at radius 3 is 3.00 bits per heavy atom. The van der Waals surface area contributed by atoms with Crippen LogP contribution in [0, 0.1) is 17.2 Å². The summed E-state index contributed by atoms with van der Waals surface area (Å²) in [6.45, 7) is 6.52. The molecule has 0 aliphatic rings. The van der Waals surface area contributed by atoms with Crippen LogP contribution in [0.5, 0.6) is 0 Å². The number of aromatic nitrogens is 1. The second-order valence-electron chi connectivity index (χ2n) is 4.26. The highest BCUT2D eigenvalue weighted by Crippen LogP contribution is 2.04.